The van der Waals surface area contributed by atoms with Crippen molar-refractivity contribution in [3.63, 3.8) is 0 Å². The number of carbonyl (C=O) groups is 1. The molecule has 0 aromatic carbocycles. The summed E-state index contributed by atoms with van der Waals surface area (Å²) >= 11 is 0. The third-order valence-electron chi connectivity index (χ3n) is 4.34. The van der Waals surface area contributed by atoms with Crippen molar-refractivity contribution in [2.75, 3.05) is 26.7 Å². The third-order valence-corrected chi connectivity index (χ3v) is 4.34. The number of likely N-dealkylation sites (tertiary alicyclic amines) is 1. The first-order chi connectivity index (χ1) is 10.5. The first-order valence-corrected chi connectivity index (χ1v) is 8.45. The van der Waals surface area contributed by atoms with E-state index in [-0.39, 0.29) is 5.91 Å². The Bertz CT molecular complexity index is 495. The van der Waals surface area contributed by atoms with Crippen LogP contribution < -0.4 is 5.32 Å². The molecule has 1 aliphatic rings. The van der Waals surface area contributed by atoms with Gasteiger partial charge in [-0.15, -0.1) is 0 Å². The lowest BCUT2D eigenvalue weighted by Crippen LogP contribution is -2.34. The van der Waals surface area contributed by atoms with E-state index in [9.17, 15) is 4.79 Å². The summed E-state index contributed by atoms with van der Waals surface area (Å²) in [6.07, 6.45) is 4.53. The predicted molar refractivity (Wildman–Crippen MR) is 88.9 cm³/mol. The lowest BCUT2D eigenvalue weighted by molar-refractivity contribution is 0.0939. The molecule has 0 bridgehead atoms. The molecule has 2 rings (SSSR count). The molecule has 22 heavy (non-hydrogen) atoms. The van der Waals surface area contributed by atoms with Crippen LogP contribution in [0.1, 0.15) is 49.3 Å². The number of aryl methyl sites for hydroxylation is 1. The fourth-order valence-corrected chi connectivity index (χ4v) is 3.25. The Morgan fingerprint density at radius 3 is 2.91 bits per heavy atom. The monoisotopic (exact) mass is 306 g/mol. The van der Waals surface area contributed by atoms with Crippen LogP contribution in [0.4, 0.5) is 0 Å². The maximum atomic E-state index is 12.3. The van der Waals surface area contributed by atoms with Crippen LogP contribution in [0.5, 0.6) is 0 Å². The Hall–Kier alpha value is -1.36. The standard InChI is InChI=1S/C17H30N4O/c1-13(2)10-15-11-16(21(4)19-15)17(22)18-8-7-14-6-5-9-20(3)12-14/h11,13-14H,5-10,12H2,1-4H3,(H,18,22)/t14-/m0/s1. The molecule has 5 nitrogen and oxygen atoms in total. The van der Waals surface area contributed by atoms with Gasteiger partial charge >= 0.3 is 0 Å². The van der Waals surface area contributed by atoms with Gasteiger partial charge in [-0.3, -0.25) is 9.48 Å². The van der Waals surface area contributed by atoms with Gasteiger partial charge in [-0.25, -0.2) is 0 Å². The fraction of sp³-hybridized carbons (Fsp3) is 0.765. The van der Waals surface area contributed by atoms with E-state index in [1.54, 1.807) is 4.68 Å². The minimum atomic E-state index is -0.00540. The van der Waals surface area contributed by atoms with E-state index in [1.807, 2.05) is 13.1 Å². The summed E-state index contributed by atoms with van der Waals surface area (Å²) in [5.41, 5.74) is 1.66. The number of nitrogens with one attached hydrogen (secondary N) is 1. The number of piperidine rings is 1. The molecule has 5 heteroatoms. The molecule has 0 radical (unpaired) electrons. The molecule has 2 heterocycles. The third kappa shape index (κ3) is 4.83. The van der Waals surface area contributed by atoms with Gasteiger partial charge in [0.15, 0.2) is 0 Å². The number of carbonyl (C=O) groups excluding carboxylic acids is 1. The second-order valence-corrected chi connectivity index (χ2v) is 7.06. The van der Waals surface area contributed by atoms with Crippen LogP contribution in [0.15, 0.2) is 6.07 Å². The van der Waals surface area contributed by atoms with Crippen molar-refractivity contribution in [3.05, 3.63) is 17.5 Å². The van der Waals surface area contributed by atoms with E-state index in [4.69, 9.17) is 0 Å². The molecule has 1 saturated heterocycles. The second-order valence-electron chi connectivity index (χ2n) is 7.06. The van der Waals surface area contributed by atoms with Gasteiger partial charge < -0.3 is 10.2 Å². The SMILES string of the molecule is CC(C)Cc1cc(C(=O)NCC[C@@H]2CCCN(C)C2)n(C)n1. The van der Waals surface area contributed by atoms with Crippen LogP contribution in [-0.4, -0.2) is 47.3 Å². The van der Waals surface area contributed by atoms with Gasteiger partial charge in [0.05, 0.1) is 5.69 Å². The zero-order valence-corrected chi connectivity index (χ0v) is 14.4. The first kappa shape index (κ1) is 17.0. The highest BCUT2D eigenvalue weighted by molar-refractivity contribution is 5.92. The molecule has 0 aliphatic carbocycles. The zero-order valence-electron chi connectivity index (χ0n) is 14.4. The predicted octanol–water partition coefficient (Wildman–Crippen LogP) is 2.08. The van der Waals surface area contributed by atoms with Crippen molar-refractivity contribution < 1.29 is 4.79 Å². The van der Waals surface area contributed by atoms with Gasteiger partial charge in [-0.2, -0.15) is 5.10 Å². The van der Waals surface area contributed by atoms with Crippen molar-refractivity contribution in [3.8, 4) is 0 Å². The lowest BCUT2D eigenvalue weighted by Gasteiger charge is -2.29. The summed E-state index contributed by atoms with van der Waals surface area (Å²) in [4.78, 5) is 14.7. The van der Waals surface area contributed by atoms with E-state index < -0.39 is 0 Å². The van der Waals surface area contributed by atoms with Crippen LogP contribution in [0, 0.1) is 11.8 Å². The van der Waals surface area contributed by atoms with Crippen molar-refractivity contribution in [2.24, 2.45) is 18.9 Å². The van der Waals surface area contributed by atoms with Gasteiger partial charge in [0.1, 0.15) is 5.69 Å². The maximum absolute atomic E-state index is 12.3. The van der Waals surface area contributed by atoms with Gasteiger partial charge in [0.25, 0.3) is 5.91 Å². The van der Waals surface area contributed by atoms with Gasteiger partial charge in [-0.1, -0.05) is 13.8 Å². The first-order valence-electron chi connectivity index (χ1n) is 8.45. The largest absolute Gasteiger partial charge is 0.351 e. The highest BCUT2D eigenvalue weighted by Crippen LogP contribution is 2.17. The van der Waals surface area contributed by atoms with Crippen LogP contribution >= 0.6 is 0 Å². The van der Waals surface area contributed by atoms with Gasteiger partial charge in [0.2, 0.25) is 0 Å². The number of aromatic nitrogens is 2. The number of hydrogen-bond donors (Lipinski definition) is 1. The highest BCUT2D eigenvalue weighted by atomic mass is 16.2. The summed E-state index contributed by atoms with van der Waals surface area (Å²) in [7, 11) is 4.02. The molecule has 1 fully saturated rings. The Kier molecular flexibility index (Phi) is 6.00. The second kappa shape index (κ2) is 7.77. The van der Waals surface area contributed by atoms with Crippen LogP contribution in [0.25, 0.3) is 0 Å². The number of amides is 1. The van der Waals surface area contributed by atoms with E-state index >= 15 is 0 Å². The zero-order chi connectivity index (χ0) is 16.1. The molecule has 1 aromatic heterocycles. The van der Waals surface area contributed by atoms with Crippen molar-refractivity contribution in [1.29, 1.82) is 0 Å². The van der Waals surface area contributed by atoms with Gasteiger partial charge in [-0.05, 0) is 57.2 Å². The van der Waals surface area contributed by atoms with E-state index in [0.717, 1.165) is 31.6 Å². The average molecular weight is 306 g/mol. The summed E-state index contributed by atoms with van der Waals surface area (Å²) < 4.78 is 1.70. The maximum Gasteiger partial charge on any atom is 0.269 e. The highest BCUT2D eigenvalue weighted by Gasteiger charge is 2.18. The molecule has 1 atom stereocenters. The number of nitrogens with zero attached hydrogens (tertiary/aromatic N) is 3. The lowest BCUT2D eigenvalue weighted by atomic mass is 9.95. The summed E-state index contributed by atoms with van der Waals surface area (Å²) in [5, 5.41) is 7.48. The average Bonchev–Trinajstić information content (AvgIpc) is 2.78. The Labute approximate surface area is 134 Å². The van der Waals surface area contributed by atoms with Crippen LogP contribution in [0.2, 0.25) is 0 Å². The van der Waals surface area contributed by atoms with Crippen molar-refractivity contribution >= 4 is 5.91 Å². The minimum Gasteiger partial charge on any atom is -0.351 e. The molecule has 0 saturated carbocycles. The van der Waals surface area contributed by atoms with E-state index in [2.05, 4.69) is 36.2 Å². The summed E-state index contributed by atoms with van der Waals surface area (Å²) in [6, 6.07) is 1.92. The Morgan fingerprint density at radius 1 is 1.45 bits per heavy atom. The van der Waals surface area contributed by atoms with E-state index in [1.165, 1.54) is 19.4 Å². The molecular weight excluding hydrogens is 276 g/mol. The molecule has 1 aromatic rings. The molecule has 0 unspecified atom stereocenters. The molecule has 124 valence electrons. The molecule has 1 N–H and O–H groups in total. The van der Waals surface area contributed by atoms with E-state index in [0.29, 0.717) is 17.5 Å². The minimum absolute atomic E-state index is 0.00540. The van der Waals surface area contributed by atoms with Crippen LogP contribution in [-0.2, 0) is 13.5 Å². The summed E-state index contributed by atoms with van der Waals surface area (Å²) in [6.45, 7) is 7.43. The number of rotatable bonds is 6. The number of hydrogen-bond acceptors (Lipinski definition) is 3. The Morgan fingerprint density at radius 2 is 2.23 bits per heavy atom. The topological polar surface area (TPSA) is 50.2 Å². The van der Waals surface area contributed by atoms with Crippen molar-refractivity contribution in [1.82, 2.24) is 20.0 Å². The van der Waals surface area contributed by atoms with Crippen LogP contribution in [0.3, 0.4) is 0 Å². The molecular formula is C17H30N4O. The molecule has 1 aliphatic heterocycles. The normalized spacial score (nSPS) is 19.6. The van der Waals surface area contributed by atoms with Gasteiger partial charge in [0, 0.05) is 20.1 Å². The van der Waals surface area contributed by atoms with Crippen molar-refractivity contribution in [2.45, 2.75) is 39.5 Å². The fourth-order valence-electron chi connectivity index (χ4n) is 3.25. The smallest absolute Gasteiger partial charge is 0.269 e. The Balaban J connectivity index is 1.80. The molecule has 1 amide bonds. The summed E-state index contributed by atoms with van der Waals surface area (Å²) in [5.74, 6) is 1.25. The quantitative estimate of drug-likeness (QED) is 0.875. The molecule has 0 spiro atoms.